The molecular formula is C13H18BrFN4O. The first-order valence-corrected chi connectivity index (χ1v) is 7.31. The molecule has 0 saturated carbocycles. The van der Waals surface area contributed by atoms with Gasteiger partial charge in [0.2, 0.25) is 0 Å². The van der Waals surface area contributed by atoms with Gasteiger partial charge in [-0.1, -0.05) is 12.1 Å². The van der Waals surface area contributed by atoms with Crippen LogP contribution in [0.5, 0.6) is 0 Å². The van der Waals surface area contributed by atoms with Crippen LogP contribution in [0.4, 0.5) is 10.1 Å². The molecule has 1 aromatic carbocycles. The van der Waals surface area contributed by atoms with Crippen LogP contribution < -0.4 is 10.6 Å². The number of nitrogens with zero attached hydrogens (tertiary/aromatic N) is 3. The molecule has 1 aromatic rings. The molecule has 1 saturated heterocycles. The highest BCUT2D eigenvalue weighted by Crippen LogP contribution is 2.30. The van der Waals surface area contributed by atoms with E-state index in [1.54, 1.807) is 12.1 Å². The second-order valence-corrected chi connectivity index (χ2v) is 5.46. The molecule has 1 heterocycles. The Labute approximate surface area is 126 Å². The third kappa shape index (κ3) is 2.88. The fourth-order valence-corrected chi connectivity index (χ4v) is 2.88. The summed E-state index contributed by atoms with van der Waals surface area (Å²) in [5.41, 5.74) is 6.40. The number of hydrogen-bond donors (Lipinski definition) is 2. The van der Waals surface area contributed by atoms with E-state index >= 15 is 0 Å². The van der Waals surface area contributed by atoms with Gasteiger partial charge in [-0.3, -0.25) is 0 Å². The van der Waals surface area contributed by atoms with Crippen molar-refractivity contribution in [3.05, 3.63) is 28.0 Å². The summed E-state index contributed by atoms with van der Waals surface area (Å²) in [5.74, 6) is -0.489. The van der Waals surface area contributed by atoms with Gasteiger partial charge < -0.3 is 20.7 Å². The van der Waals surface area contributed by atoms with Crippen LogP contribution in [0.3, 0.4) is 0 Å². The molecule has 3 N–H and O–H groups in total. The molecule has 1 aliphatic heterocycles. The van der Waals surface area contributed by atoms with E-state index in [-0.39, 0.29) is 16.1 Å². The van der Waals surface area contributed by atoms with E-state index in [1.165, 1.54) is 0 Å². The molecule has 20 heavy (non-hydrogen) atoms. The lowest BCUT2D eigenvalue weighted by atomic mass is 10.1. The van der Waals surface area contributed by atoms with Crippen molar-refractivity contribution >= 4 is 27.5 Å². The van der Waals surface area contributed by atoms with Gasteiger partial charge in [-0.05, 0) is 34.6 Å². The van der Waals surface area contributed by atoms with Crippen LogP contribution in [-0.2, 0) is 0 Å². The van der Waals surface area contributed by atoms with Crippen molar-refractivity contribution < 1.29 is 9.60 Å². The number of rotatable bonds is 3. The summed E-state index contributed by atoms with van der Waals surface area (Å²) >= 11 is 3.18. The number of amidine groups is 1. The van der Waals surface area contributed by atoms with Crippen molar-refractivity contribution in [3.8, 4) is 0 Å². The lowest BCUT2D eigenvalue weighted by Crippen LogP contribution is -2.46. The highest BCUT2D eigenvalue weighted by molar-refractivity contribution is 9.10. The zero-order chi connectivity index (χ0) is 14.7. The van der Waals surface area contributed by atoms with Crippen molar-refractivity contribution in [2.24, 2.45) is 10.9 Å². The molecular weight excluding hydrogens is 327 g/mol. The maximum Gasteiger partial charge on any atom is 0.171 e. The van der Waals surface area contributed by atoms with Gasteiger partial charge in [0, 0.05) is 31.7 Å². The Morgan fingerprint density at radius 1 is 1.40 bits per heavy atom. The topological polar surface area (TPSA) is 65.1 Å². The Kier molecular flexibility index (Phi) is 4.82. The fourth-order valence-electron chi connectivity index (χ4n) is 2.34. The second-order valence-electron chi connectivity index (χ2n) is 4.67. The number of benzene rings is 1. The Morgan fingerprint density at radius 2 is 2.05 bits per heavy atom. The summed E-state index contributed by atoms with van der Waals surface area (Å²) in [5, 5.41) is 11.6. The summed E-state index contributed by atoms with van der Waals surface area (Å²) < 4.78 is 14.7. The van der Waals surface area contributed by atoms with Crippen molar-refractivity contribution in [3.63, 3.8) is 0 Å². The van der Waals surface area contributed by atoms with E-state index in [1.807, 2.05) is 4.90 Å². The van der Waals surface area contributed by atoms with Crippen LogP contribution in [0.25, 0.3) is 0 Å². The third-order valence-electron chi connectivity index (χ3n) is 3.61. The van der Waals surface area contributed by atoms with Crippen molar-refractivity contribution in [2.45, 2.75) is 6.92 Å². The molecule has 7 heteroatoms. The molecule has 0 aliphatic carbocycles. The first-order chi connectivity index (χ1) is 9.58. The quantitative estimate of drug-likeness (QED) is 0.380. The zero-order valence-corrected chi connectivity index (χ0v) is 12.9. The number of oxime groups is 1. The lowest BCUT2D eigenvalue weighted by molar-refractivity contribution is 0.270. The Balaban J connectivity index is 2.24. The maximum atomic E-state index is 14.4. The van der Waals surface area contributed by atoms with Crippen LogP contribution in [0.15, 0.2) is 21.8 Å². The van der Waals surface area contributed by atoms with Crippen molar-refractivity contribution in [2.75, 3.05) is 37.6 Å². The van der Waals surface area contributed by atoms with Gasteiger partial charge in [-0.2, -0.15) is 0 Å². The highest BCUT2D eigenvalue weighted by Gasteiger charge is 2.21. The monoisotopic (exact) mass is 344 g/mol. The molecule has 0 unspecified atom stereocenters. The largest absolute Gasteiger partial charge is 0.409 e. The molecule has 0 atom stereocenters. The molecule has 110 valence electrons. The number of nitrogens with two attached hydrogens (primary N) is 1. The Hall–Kier alpha value is -1.34. The molecule has 0 bridgehead atoms. The predicted octanol–water partition coefficient (Wildman–Crippen LogP) is 1.82. The Bertz CT molecular complexity index is 515. The van der Waals surface area contributed by atoms with E-state index in [4.69, 9.17) is 10.9 Å². The standard InChI is InChI=1S/C13H18BrFN4O/c1-2-18-5-7-19(8-6-18)10-4-3-9(13(16)17-20)11(14)12(10)15/h3-4,20H,2,5-8H2,1H3,(H2,16,17). The SMILES string of the molecule is CCN1CCN(c2ccc(/C(N)=N/O)c(Br)c2F)CC1. The van der Waals surface area contributed by atoms with Crippen LogP contribution in [-0.4, -0.2) is 48.7 Å². The van der Waals surface area contributed by atoms with E-state index in [2.05, 4.69) is 32.9 Å². The third-order valence-corrected chi connectivity index (χ3v) is 4.38. The molecule has 0 amide bonds. The molecule has 1 fully saturated rings. The highest BCUT2D eigenvalue weighted by atomic mass is 79.9. The Morgan fingerprint density at radius 3 is 2.60 bits per heavy atom. The fraction of sp³-hybridized carbons (Fsp3) is 0.462. The summed E-state index contributed by atoms with van der Waals surface area (Å²) in [6.07, 6.45) is 0. The molecule has 0 spiro atoms. The van der Waals surface area contributed by atoms with Crippen LogP contribution >= 0.6 is 15.9 Å². The zero-order valence-electron chi connectivity index (χ0n) is 11.3. The molecule has 5 nitrogen and oxygen atoms in total. The maximum absolute atomic E-state index is 14.4. The van der Waals surface area contributed by atoms with Crippen LogP contribution in [0.1, 0.15) is 12.5 Å². The number of anilines is 1. The average molecular weight is 345 g/mol. The molecule has 2 rings (SSSR count). The summed E-state index contributed by atoms with van der Waals surface area (Å²) in [6, 6.07) is 3.33. The number of hydrogen-bond acceptors (Lipinski definition) is 4. The number of halogens is 2. The minimum atomic E-state index is -0.376. The van der Waals surface area contributed by atoms with Crippen LogP contribution in [0, 0.1) is 5.82 Å². The summed E-state index contributed by atoms with van der Waals surface area (Å²) in [7, 11) is 0. The first-order valence-electron chi connectivity index (χ1n) is 6.51. The van der Waals surface area contributed by atoms with Gasteiger partial charge in [0.25, 0.3) is 0 Å². The van der Waals surface area contributed by atoms with E-state index in [0.717, 1.165) is 32.7 Å². The molecule has 1 aliphatic rings. The van der Waals surface area contributed by atoms with Gasteiger partial charge >= 0.3 is 0 Å². The summed E-state index contributed by atoms with van der Waals surface area (Å²) in [4.78, 5) is 4.34. The minimum Gasteiger partial charge on any atom is -0.409 e. The van der Waals surface area contributed by atoms with E-state index < -0.39 is 0 Å². The van der Waals surface area contributed by atoms with E-state index in [0.29, 0.717) is 11.3 Å². The normalized spacial score (nSPS) is 17.6. The second kappa shape index (κ2) is 6.41. The minimum absolute atomic E-state index is 0.113. The molecule has 0 aromatic heterocycles. The van der Waals surface area contributed by atoms with Crippen molar-refractivity contribution in [1.29, 1.82) is 0 Å². The van der Waals surface area contributed by atoms with Gasteiger partial charge in [0.1, 0.15) is 0 Å². The van der Waals surface area contributed by atoms with Gasteiger partial charge in [-0.15, -0.1) is 0 Å². The van der Waals surface area contributed by atoms with E-state index in [9.17, 15) is 4.39 Å². The van der Waals surface area contributed by atoms with Crippen LogP contribution in [0.2, 0.25) is 0 Å². The van der Waals surface area contributed by atoms with Gasteiger partial charge in [-0.25, -0.2) is 4.39 Å². The van der Waals surface area contributed by atoms with Gasteiger partial charge in [0.05, 0.1) is 10.2 Å². The number of piperazine rings is 1. The van der Waals surface area contributed by atoms with Crippen molar-refractivity contribution in [1.82, 2.24) is 4.90 Å². The lowest BCUT2D eigenvalue weighted by Gasteiger charge is -2.35. The summed E-state index contributed by atoms with van der Waals surface area (Å²) in [6.45, 7) is 6.58. The number of likely N-dealkylation sites (N-methyl/N-ethyl adjacent to an activating group) is 1. The average Bonchev–Trinajstić information content (AvgIpc) is 2.49. The van der Waals surface area contributed by atoms with Gasteiger partial charge in [0.15, 0.2) is 11.7 Å². The molecule has 0 radical (unpaired) electrons. The predicted molar refractivity (Wildman–Crippen MR) is 80.9 cm³/mol. The first kappa shape index (κ1) is 15.1. The smallest absolute Gasteiger partial charge is 0.171 e.